The molecule has 2 aromatic rings. The second kappa shape index (κ2) is 5.72. The number of nitrogens with zero attached hydrogens (tertiary/aromatic N) is 1. The Morgan fingerprint density at radius 2 is 1.46 bits per heavy atom. The van der Waals surface area contributed by atoms with Gasteiger partial charge in [0.25, 0.3) is 11.8 Å². The van der Waals surface area contributed by atoms with Gasteiger partial charge in [-0.1, -0.05) is 29.7 Å². The van der Waals surface area contributed by atoms with Crippen LogP contribution in [0.3, 0.4) is 0 Å². The number of imide groups is 1. The molecule has 0 N–H and O–H groups in total. The summed E-state index contributed by atoms with van der Waals surface area (Å²) in [6.45, 7) is 0. The molecule has 2 aromatic carbocycles. The van der Waals surface area contributed by atoms with Crippen molar-refractivity contribution in [2.45, 2.75) is 24.7 Å². The van der Waals surface area contributed by atoms with Crippen LogP contribution in [0.2, 0.25) is 0 Å². The Kier molecular flexibility index (Phi) is 3.61. The maximum atomic E-state index is 14.2. The predicted octanol–water partition coefficient (Wildman–Crippen LogP) is 3.14. The maximum absolute atomic E-state index is 14.2. The minimum Gasteiger partial charge on any atom is -0.329 e. The minimum absolute atomic E-state index is 0.116. The first-order chi connectivity index (χ1) is 12.5. The molecular formula is C19H13F2NO4. The van der Waals surface area contributed by atoms with E-state index in [1.165, 1.54) is 18.2 Å². The molecule has 0 bridgehead atoms. The first-order valence-electron chi connectivity index (χ1n) is 8.10. The van der Waals surface area contributed by atoms with Crippen LogP contribution in [0.25, 0.3) is 0 Å². The van der Waals surface area contributed by atoms with Crippen molar-refractivity contribution < 1.29 is 28.0 Å². The molecule has 0 atom stereocenters. The van der Waals surface area contributed by atoms with E-state index in [9.17, 15) is 23.2 Å². The van der Waals surface area contributed by atoms with E-state index in [4.69, 9.17) is 4.84 Å². The highest BCUT2D eigenvalue weighted by molar-refractivity contribution is 6.21. The number of hydrogen-bond acceptors (Lipinski definition) is 4. The SMILES string of the molecule is O=C1c2ccccc2C(=O)N1OC(=O)C1(c2c(F)cccc2F)CCC1. The molecular weight excluding hydrogens is 344 g/mol. The van der Waals surface area contributed by atoms with Gasteiger partial charge < -0.3 is 4.84 Å². The Hall–Kier alpha value is -3.09. The second-order valence-corrected chi connectivity index (χ2v) is 6.36. The Labute approximate surface area is 147 Å². The van der Waals surface area contributed by atoms with Crippen LogP contribution >= 0.6 is 0 Å². The Morgan fingerprint density at radius 1 is 0.923 bits per heavy atom. The van der Waals surface area contributed by atoms with Crippen molar-refractivity contribution in [3.63, 3.8) is 0 Å². The van der Waals surface area contributed by atoms with Gasteiger partial charge in [-0.2, -0.15) is 0 Å². The van der Waals surface area contributed by atoms with E-state index in [0.29, 0.717) is 11.5 Å². The minimum atomic E-state index is -1.54. The van der Waals surface area contributed by atoms with Crippen LogP contribution in [-0.2, 0) is 15.0 Å². The van der Waals surface area contributed by atoms with Crippen LogP contribution in [-0.4, -0.2) is 22.8 Å². The van der Waals surface area contributed by atoms with Crippen LogP contribution in [0.4, 0.5) is 8.78 Å². The zero-order valence-electron chi connectivity index (χ0n) is 13.5. The molecule has 1 fully saturated rings. The summed E-state index contributed by atoms with van der Waals surface area (Å²) in [7, 11) is 0. The molecule has 1 aliphatic carbocycles. The smallest absolute Gasteiger partial charge is 0.329 e. The van der Waals surface area contributed by atoms with Crippen molar-refractivity contribution in [1.82, 2.24) is 5.06 Å². The van der Waals surface area contributed by atoms with Gasteiger partial charge in [-0.3, -0.25) is 9.59 Å². The van der Waals surface area contributed by atoms with E-state index in [1.807, 2.05) is 0 Å². The summed E-state index contributed by atoms with van der Waals surface area (Å²) >= 11 is 0. The summed E-state index contributed by atoms with van der Waals surface area (Å²) in [6.07, 6.45) is 0.921. The molecule has 1 aliphatic heterocycles. The second-order valence-electron chi connectivity index (χ2n) is 6.36. The number of rotatable bonds is 3. The number of amides is 2. The molecule has 0 radical (unpaired) electrons. The lowest BCUT2D eigenvalue weighted by molar-refractivity contribution is -0.180. The highest BCUT2D eigenvalue weighted by Gasteiger charge is 2.52. The van der Waals surface area contributed by atoms with Crippen molar-refractivity contribution in [2.24, 2.45) is 0 Å². The third-order valence-corrected chi connectivity index (χ3v) is 4.97. The van der Waals surface area contributed by atoms with E-state index in [1.54, 1.807) is 12.1 Å². The number of fused-ring (bicyclic) bond motifs is 1. The molecule has 0 unspecified atom stereocenters. The van der Waals surface area contributed by atoms with Gasteiger partial charge in [-0.15, -0.1) is 0 Å². The number of halogens is 2. The molecule has 1 saturated carbocycles. The van der Waals surface area contributed by atoms with Gasteiger partial charge in [0, 0.05) is 5.56 Å². The predicted molar refractivity (Wildman–Crippen MR) is 84.9 cm³/mol. The number of hydroxylamine groups is 2. The molecule has 0 saturated heterocycles. The standard InChI is InChI=1S/C19H13F2NO4/c20-13-7-3-8-14(21)15(13)19(9-4-10-19)18(25)26-22-16(23)11-5-1-2-6-12(11)17(22)24/h1-3,5-8H,4,9-10H2. The van der Waals surface area contributed by atoms with Gasteiger partial charge in [0.05, 0.1) is 11.1 Å². The molecule has 26 heavy (non-hydrogen) atoms. The molecule has 5 nitrogen and oxygen atoms in total. The Bertz CT molecular complexity index is 897. The van der Waals surface area contributed by atoms with Gasteiger partial charge in [0.15, 0.2) is 0 Å². The number of benzene rings is 2. The zero-order chi connectivity index (χ0) is 18.5. The monoisotopic (exact) mass is 357 g/mol. The molecule has 1 heterocycles. The van der Waals surface area contributed by atoms with Crippen molar-refractivity contribution >= 4 is 17.8 Å². The summed E-state index contributed by atoms with van der Waals surface area (Å²) in [6, 6.07) is 9.38. The van der Waals surface area contributed by atoms with Gasteiger partial charge in [-0.25, -0.2) is 13.6 Å². The van der Waals surface area contributed by atoms with Crippen LogP contribution < -0.4 is 0 Å². The van der Waals surface area contributed by atoms with E-state index in [-0.39, 0.29) is 29.5 Å². The highest BCUT2D eigenvalue weighted by atomic mass is 19.1. The fourth-order valence-electron chi connectivity index (χ4n) is 3.46. The van der Waals surface area contributed by atoms with Crippen LogP contribution in [0.5, 0.6) is 0 Å². The van der Waals surface area contributed by atoms with Crippen molar-refractivity contribution in [1.29, 1.82) is 0 Å². The Morgan fingerprint density at radius 3 is 1.92 bits per heavy atom. The van der Waals surface area contributed by atoms with Gasteiger partial charge >= 0.3 is 5.97 Å². The lowest BCUT2D eigenvalue weighted by Crippen LogP contribution is -2.48. The van der Waals surface area contributed by atoms with Crippen LogP contribution in [0, 0.1) is 11.6 Å². The van der Waals surface area contributed by atoms with Crippen LogP contribution in [0.15, 0.2) is 42.5 Å². The van der Waals surface area contributed by atoms with Crippen molar-refractivity contribution in [3.8, 4) is 0 Å². The molecule has 2 amide bonds. The Balaban J connectivity index is 1.66. The van der Waals surface area contributed by atoms with E-state index in [2.05, 4.69) is 0 Å². The van der Waals surface area contributed by atoms with E-state index >= 15 is 0 Å². The molecule has 4 rings (SSSR count). The van der Waals surface area contributed by atoms with E-state index in [0.717, 1.165) is 12.1 Å². The average Bonchev–Trinajstić information content (AvgIpc) is 2.82. The summed E-state index contributed by atoms with van der Waals surface area (Å²) < 4.78 is 28.4. The fraction of sp³-hybridized carbons (Fsp3) is 0.211. The average molecular weight is 357 g/mol. The topological polar surface area (TPSA) is 63.7 Å². The molecule has 0 aromatic heterocycles. The van der Waals surface area contributed by atoms with Crippen LogP contribution in [0.1, 0.15) is 45.5 Å². The quantitative estimate of drug-likeness (QED) is 0.792. The molecule has 132 valence electrons. The summed E-state index contributed by atoms with van der Waals surface area (Å²) in [5.41, 5.74) is -1.69. The van der Waals surface area contributed by atoms with E-state index < -0.39 is 34.8 Å². The lowest BCUT2D eigenvalue weighted by atomic mass is 9.64. The third-order valence-electron chi connectivity index (χ3n) is 4.97. The summed E-state index contributed by atoms with van der Waals surface area (Å²) in [4.78, 5) is 42.5. The molecule has 0 spiro atoms. The fourth-order valence-corrected chi connectivity index (χ4v) is 3.46. The first kappa shape index (κ1) is 16.4. The number of carbonyl (C=O) groups is 3. The maximum Gasteiger partial charge on any atom is 0.343 e. The largest absolute Gasteiger partial charge is 0.343 e. The van der Waals surface area contributed by atoms with Crippen molar-refractivity contribution in [2.75, 3.05) is 0 Å². The summed E-state index contributed by atoms with van der Waals surface area (Å²) in [5.74, 6) is -4.28. The highest BCUT2D eigenvalue weighted by Crippen LogP contribution is 2.47. The molecule has 7 heteroatoms. The molecule has 2 aliphatic rings. The summed E-state index contributed by atoms with van der Waals surface area (Å²) in [5, 5.41) is 0.367. The third kappa shape index (κ3) is 2.16. The van der Waals surface area contributed by atoms with Gasteiger partial charge in [-0.05, 0) is 37.1 Å². The van der Waals surface area contributed by atoms with Gasteiger partial charge in [0.2, 0.25) is 0 Å². The number of carbonyl (C=O) groups excluding carboxylic acids is 3. The zero-order valence-corrected chi connectivity index (χ0v) is 13.5. The lowest BCUT2D eigenvalue weighted by Gasteiger charge is -2.39. The van der Waals surface area contributed by atoms with Gasteiger partial charge in [0.1, 0.15) is 17.0 Å². The normalized spacial score (nSPS) is 17.7. The first-order valence-corrected chi connectivity index (χ1v) is 8.10. The number of hydrogen-bond donors (Lipinski definition) is 0. The van der Waals surface area contributed by atoms with Crippen molar-refractivity contribution in [3.05, 3.63) is 70.8 Å².